The molecule has 0 unspecified atom stereocenters. The summed E-state index contributed by atoms with van der Waals surface area (Å²) < 4.78 is 10.5. The van der Waals surface area contributed by atoms with Gasteiger partial charge < -0.3 is 20.1 Å². The van der Waals surface area contributed by atoms with Crippen LogP contribution in [0.4, 0.5) is 11.4 Å². The van der Waals surface area contributed by atoms with Crippen LogP contribution in [0, 0.1) is 0 Å². The molecule has 0 atom stereocenters. The van der Waals surface area contributed by atoms with E-state index in [1.54, 1.807) is 67.6 Å². The first kappa shape index (κ1) is 20.3. The third-order valence-electron chi connectivity index (χ3n) is 3.63. The maximum Gasteiger partial charge on any atom is 0.238 e. The minimum atomic E-state index is -0.209. The SMILES string of the molecule is CCOc1ccc(NC(=O)CN(C)CC(=O)Nc2cccc(OC)c2)cc1. The Morgan fingerprint density at radius 1 is 0.926 bits per heavy atom. The van der Waals surface area contributed by atoms with E-state index in [1.807, 2.05) is 6.92 Å². The van der Waals surface area contributed by atoms with E-state index in [0.717, 1.165) is 5.75 Å². The minimum Gasteiger partial charge on any atom is -0.497 e. The van der Waals surface area contributed by atoms with E-state index in [4.69, 9.17) is 9.47 Å². The molecule has 0 saturated heterocycles. The Morgan fingerprint density at radius 2 is 1.56 bits per heavy atom. The number of benzene rings is 2. The van der Waals surface area contributed by atoms with Crippen LogP contribution >= 0.6 is 0 Å². The highest BCUT2D eigenvalue weighted by Crippen LogP contribution is 2.17. The highest BCUT2D eigenvalue weighted by atomic mass is 16.5. The van der Waals surface area contributed by atoms with Crippen LogP contribution in [0.25, 0.3) is 0 Å². The van der Waals surface area contributed by atoms with Crippen molar-refractivity contribution in [3.05, 3.63) is 48.5 Å². The molecule has 0 spiro atoms. The molecule has 0 aliphatic carbocycles. The highest BCUT2D eigenvalue weighted by molar-refractivity contribution is 5.94. The van der Waals surface area contributed by atoms with E-state index in [0.29, 0.717) is 23.7 Å². The van der Waals surface area contributed by atoms with E-state index in [-0.39, 0.29) is 24.9 Å². The fourth-order valence-corrected chi connectivity index (χ4v) is 2.45. The summed E-state index contributed by atoms with van der Waals surface area (Å²) in [5, 5.41) is 5.58. The molecule has 0 aliphatic heterocycles. The van der Waals surface area contributed by atoms with Crippen LogP contribution in [0.2, 0.25) is 0 Å². The Morgan fingerprint density at radius 3 is 2.15 bits per heavy atom. The first-order valence-electron chi connectivity index (χ1n) is 8.65. The molecule has 2 N–H and O–H groups in total. The molecule has 2 aromatic carbocycles. The average Bonchev–Trinajstić information content (AvgIpc) is 2.63. The fraction of sp³-hybridized carbons (Fsp3) is 0.300. The van der Waals surface area contributed by atoms with Crippen molar-refractivity contribution >= 4 is 23.2 Å². The Kier molecular flexibility index (Phi) is 7.63. The first-order chi connectivity index (χ1) is 13.0. The third kappa shape index (κ3) is 6.99. The van der Waals surface area contributed by atoms with Gasteiger partial charge in [0, 0.05) is 17.4 Å². The molecule has 0 saturated carbocycles. The van der Waals surface area contributed by atoms with Crippen LogP contribution in [-0.4, -0.2) is 50.6 Å². The fourth-order valence-electron chi connectivity index (χ4n) is 2.45. The van der Waals surface area contributed by atoms with Crippen molar-refractivity contribution in [2.24, 2.45) is 0 Å². The van der Waals surface area contributed by atoms with Crippen molar-refractivity contribution in [2.75, 3.05) is 44.5 Å². The van der Waals surface area contributed by atoms with Crippen molar-refractivity contribution < 1.29 is 19.1 Å². The maximum absolute atomic E-state index is 12.1. The quantitative estimate of drug-likeness (QED) is 0.708. The maximum atomic E-state index is 12.1. The third-order valence-corrected chi connectivity index (χ3v) is 3.63. The zero-order chi connectivity index (χ0) is 19.6. The lowest BCUT2D eigenvalue weighted by Gasteiger charge is -2.16. The van der Waals surface area contributed by atoms with Gasteiger partial charge >= 0.3 is 0 Å². The number of ether oxygens (including phenoxy) is 2. The van der Waals surface area contributed by atoms with Gasteiger partial charge in [0.2, 0.25) is 11.8 Å². The summed E-state index contributed by atoms with van der Waals surface area (Å²) in [7, 11) is 3.28. The summed E-state index contributed by atoms with van der Waals surface area (Å²) in [4.78, 5) is 25.9. The van der Waals surface area contributed by atoms with E-state index in [2.05, 4.69) is 10.6 Å². The molecule has 27 heavy (non-hydrogen) atoms. The van der Waals surface area contributed by atoms with E-state index < -0.39 is 0 Å². The second kappa shape index (κ2) is 10.2. The number of methoxy groups -OCH3 is 1. The van der Waals surface area contributed by atoms with E-state index >= 15 is 0 Å². The van der Waals surface area contributed by atoms with Crippen molar-refractivity contribution in [2.45, 2.75) is 6.92 Å². The summed E-state index contributed by atoms with van der Waals surface area (Å²) in [5.74, 6) is 1.01. The van der Waals surface area contributed by atoms with Gasteiger partial charge in [-0.3, -0.25) is 14.5 Å². The molecule has 0 heterocycles. The Labute approximate surface area is 159 Å². The lowest BCUT2D eigenvalue weighted by Crippen LogP contribution is -2.36. The molecule has 0 bridgehead atoms. The summed E-state index contributed by atoms with van der Waals surface area (Å²) in [6.45, 7) is 2.69. The van der Waals surface area contributed by atoms with Crippen LogP contribution in [0.3, 0.4) is 0 Å². The monoisotopic (exact) mass is 371 g/mol. The lowest BCUT2D eigenvalue weighted by molar-refractivity contribution is -0.119. The first-order valence-corrected chi connectivity index (χ1v) is 8.65. The summed E-state index contributed by atoms with van der Waals surface area (Å²) >= 11 is 0. The van der Waals surface area contributed by atoms with Gasteiger partial charge in [-0.1, -0.05) is 6.07 Å². The van der Waals surface area contributed by atoms with Crippen LogP contribution in [0.1, 0.15) is 6.92 Å². The van der Waals surface area contributed by atoms with Gasteiger partial charge in [-0.2, -0.15) is 0 Å². The molecule has 2 aromatic rings. The standard InChI is InChI=1S/C20H25N3O4/c1-4-27-17-10-8-15(9-11-17)21-19(24)13-23(2)14-20(25)22-16-6-5-7-18(12-16)26-3/h5-12H,4,13-14H2,1-3H3,(H,21,24)(H,22,25). The molecular weight excluding hydrogens is 346 g/mol. The molecule has 2 amide bonds. The van der Waals surface area contributed by atoms with Crippen LogP contribution < -0.4 is 20.1 Å². The van der Waals surface area contributed by atoms with Crippen LogP contribution in [-0.2, 0) is 9.59 Å². The normalized spacial score (nSPS) is 10.4. The zero-order valence-electron chi connectivity index (χ0n) is 15.8. The van der Waals surface area contributed by atoms with E-state index in [9.17, 15) is 9.59 Å². The second-order valence-corrected chi connectivity index (χ2v) is 5.96. The van der Waals surface area contributed by atoms with Gasteiger partial charge in [-0.15, -0.1) is 0 Å². The van der Waals surface area contributed by atoms with Gasteiger partial charge in [0.05, 0.1) is 26.8 Å². The number of likely N-dealkylation sites (N-methyl/N-ethyl adjacent to an activating group) is 1. The van der Waals surface area contributed by atoms with Gasteiger partial charge in [0.25, 0.3) is 0 Å². The Hall–Kier alpha value is -3.06. The number of hydrogen-bond donors (Lipinski definition) is 2. The summed E-state index contributed by atoms with van der Waals surface area (Å²) in [6, 6.07) is 14.2. The predicted octanol–water partition coefficient (Wildman–Crippen LogP) is 2.60. The molecule has 2 rings (SSSR count). The van der Waals surface area contributed by atoms with Crippen molar-refractivity contribution in [1.29, 1.82) is 0 Å². The van der Waals surface area contributed by atoms with Gasteiger partial charge in [-0.05, 0) is 50.4 Å². The largest absolute Gasteiger partial charge is 0.497 e. The number of nitrogens with zero attached hydrogens (tertiary/aromatic N) is 1. The molecular formula is C20H25N3O4. The molecule has 144 valence electrons. The number of amides is 2. The second-order valence-electron chi connectivity index (χ2n) is 5.96. The van der Waals surface area contributed by atoms with Crippen LogP contribution in [0.5, 0.6) is 11.5 Å². The van der Waals surface area contributed by atoms with Gasteiger partial charge in [-0.25, -0.2) is 0 Å². The number of hydrogen-bond acceptors (Lipinski definition) is 5. The topological polar surface area (TPSA) is 79.9 Å². The van der Waals surface area contributed by atoms with Crippen LogP contribution in [0.15, 0.2) is 48.5 Å². The number of carbonyl (C=O) groups excluding carboxylic acids is 2. The average molecular weight is 371 g/mol. The predicted molar refractivity (Wildman–Crippen MR) is 105 cm³/mol. The van der Waals surface area contributed by atoms with Crippen molar-refractivity contribution in [3.8, 4) is 11.5 Å². The zero-order valence-corrected chi connectivity index (χ0v) is 15.8. The number of anilines is 2. The molecule has 0 aliphatic rings. The summed E-state index contributed by atoms with van der Waals surface area (Å²) in [5.41, 5.74) is 1.32. The molecule has 7 heteroatoms. The molecule has 0 aromatic heterocycles. The molecule has 7 nitrogen and oxygen atoms in total. The Bertz CT molecular complexity index is 762. The number of nitrogens with one attached hydrogen (secondary N) is 2. The number of carbonyl (C=O) groups is 2. The lowest BCUT2D eigenvalue weighted by atomic mass is 10.3. The van der Waals surface area contributed by atoms with Gasteiger partial charge in [0.15, 0.2) is 0 Å². The minimum absolute atomic E-state index is 0.0912. The summed E-state index contributed by atoms with van der Waals surface area (Å²) in [6.07, 6.45) is 0. The molecule has 0 fully saturated rings. The smallest absolute Gasteiger partial charge is 0.238 e. The van der Waals surface area contributed by atoms with Gasteiger partial charge in [0.1, 0.15) is 11.5 Å². The highest BCUT2D eigenvalue weighted by Gasteiger charge is 2.11. The van der Waals surface area contributed by atoms with E-state index in [1.165, 1.54) is 0 Å². The molecule has 0 radical (unpaired) electrons. The van der Waals surface area contributed by atoms with Crippen molar-refractivity contribution in [1.82, 2.24) is 4.90 Å². The van der Waals surface area contributed by atoms with Crippen molar-refractivity contribution in [3.63, 3.8) is 0 Å². The number of rotatable bonds is 9. The Balaban J connectivity index is 1.78.